The van der Waals surface area contributed by atoms with Crippen LogP contribution in [0.25, 0.3) is 0 Å². The van der Waals surface area contributed by atoms with Gasteiger partial charge in [-0.1, -0.05) is 12.1 Å². The minimum absolute atomic E-state index is 0.0132. The van der Waals surface area contributed by atoms with Crippen molar-refractivity contribution in [3.8, 4) is 5.75 Å². The molecule has 5 nitrogen and oxygen atoms in total. The van der Waals surface area contributed by atoms with Crippen molar-refractivity contribution in [3.05, 3.63) is 29.8 Å². The van der Waals surface area contributed by atoms with E-state index < -0.39 is 0 Å². The zero-order chi connectivity index (χ0) is 13.9. The van der Waals surface area contributed by atoms with Crippen molar-refractivity contribution >= 4 is 5.97 Å². The van der Waals surface area contributed by atoms with Crippen LogP contribution in [0.5, 0.6) is 5.75 Å². The Morgan fingerprint density at radius 2 is 1.95 bits per heavy atom. The lowest BCUT2D eigenvalue weighted by Crippen LogP contribution is -2.18. The van der Waals surface area contributed by atoms with E-state index in [9.17, 15) is 4.79 Å². The minimum Gasteiger partial charge on any atom is -0.497 e. The van der Waals surface area contributed by atoms with E-state index in [2.05, 4.69) is 10.1 Å². The summed E-state index contributed by atoms with van der Waals surface area (Å²) >= 11 is 0. The molecular formula is C14H21NO4. The molecule has 0 saturated heterocycles. The van der Waals surface area contributed by atoms with Crippen LogP contribution in [0.3, 0.4) is 0 Å². The van der Waals surface area contributed by atoms with Crippen molar-refractivity contribution in [2.75, 3.05) is 34.0 Å². The summed E-state index contributed by atoms with van der Waals surface area (Å²) < 4.78 is 14.7. The van der Waals surface area contributed by atoms with Gasteiger partial charge < -0.3 is 19.5 Å². The Morgan fingerprint density at radius 1 is 1.21 bits per heavy atom. The van der Waals surface area contributed by atoms with Crippen LogP contribution < -0.4 is 10.1 Å². The maximum absolute atomic E-state index is 11.0. The second-order valence-corrected chi connectivity index (χ2v) is 4.03. The lowest BCUT2D eigenvalue weighted by atomic mass is 10.2. The molecule has 1 aromatic rings. The normalized spacial score (nSPS) is 10.2. The second kappa shape index (κ2) is 9.35. The van der Waals surface area contributed by atoms with Crippen LogP contribution in [-0.2, 0) is 20.8 Å². The molecule has 0 aliphatic carbocycles. The van der Waals surface area contributed by atoms with Gasteiger partial charge in [0, 0.05) is 13.7 Å². The predicted molar refractivity (Wildman–Crippen MR) is 72.2 cm³/mol. The van der Waals surface area contributed by atoms with Crippen molar-refractivity contribution < 1.29 is 19.0 Å². The Balaban J connectivity index is 2.05. The lowest BCUT2D eigenvalue weighted by Gasteiger charge is -2.07. The number of carbonyl (C=O) groups excluding carboxylic acids is 1. The Morgan fingerprint density at radius 3 is 2.58 bits per heavy atom. The molecule has 0 fully saturated rings. The summed E-state index contributed by atoms with van der Waals surface area (Å²) in [4.78, 5) is 11.0. The Kier molecular flexibility index (Phi) is 7.62. The monoisotopic (exact) mass is 267 g/mol. The first-order valence-corrected chi connectivity index (χ1v) is 6.24. The van der Waals surface area contributed by atoms with Crippen molar-refractivity contribution in [3.63, 3.8) is 0 Å². The number of carbonyl (C=O) groups is 1. The third-order valence-electron chi connectivity index (χ3n) is 2.51. The molecule has 1 rings (SSSR count). The SMILES string of the molecule is COCC(=O)OCCCNCc1ccc(OC)cc1. The number of benzene rings is 1. The smallest absolute Gasteiger partial charge is 0.332 e. The van der Waals surface area contributed by atoms with Gasteiger partial charge >= 0.3 is 5.97 Å². The number of esters is 1. The first-order valence-electron chi connectivity index (χ1n) is 6.24. The van der Waals surface area contributed by atoms with E-state index in [0.717, 1.165) is 25.3 Å². The number of methoxy groups -OCH3 is 2. The van der Waals surface area contributed by atoms with Gasteiger partial charge in [0.1, 0.15) is 12.4 Å². The van der Waals surface area contributed by atoms with E-state index in [1.165, 1.54) is 12.7 Å². The van der Waals surface area contributed by atoms with Crippen LogP contribution in [-0.4, -0.2) is 39.9 Å². The summed E-state index contributed by atoms with van der Waals surface area (Å²) in [7, 11) is 3.12. The summed E-state index contributed by atoms with van der Waals surface area (Å²) in [6, 6.07) is 7.90. The van der Waals surface area contributed by atoms with E-state index >= 15 is 0 Å². The molecule has 0 atom stereocenters. The molecule has 0 spiro atoms. The van der Waals surface area contributed by atoms with E-state index in [-0.39, 0.29) is 12.6 Å². The van der Waals surface area contributed by atoms with E-state index in [1.807, 2.05) is 24.3 Å². The Hall–Kier alpha value is -1.59. The van der Waals surface area contributed by atoms with Gasteiger partial charge in [0.25, 0.3) is 0 Å². The van der Waals surface area contributed by atoms with Crippen molar-refractivity contribution in [1.82, 2.24) is 5.32 Å². The third kappa shape index (κ3) is 6.79. The number of hydrogen-bond donors (Lipinski definition) is 1. The molecule has 0 aliphatic heterocycles. The van der Waals surface area contributed by atoms with E-state index in [1.54, 1.807) is 7.11 Å². The summed E-state index contributed by atoms with van der Waals surface area (Å²) in [5.41, 5.74) is 1.19. The molecule has 0 radical (unpaired) electrons. The van der Waals surface area contributed by atoms with Gasteiger partial charge in [0.05, 0.1) is 13.7 Å². The minimum atomic E-state index is -0.322. The standard InChI is InChI=1S/C14H21NO4/c1-17-11-14(16)19-9-3-8-15-10-12-4-6-13(18-2)7-5-12/h4-7,15H,3,8-11H2,1-2H3. The Bertz CT molecular complexity index is 364. The van der Waals surface area contributed by atoms with Crippen molar-refractivity contribution in [2.24, 2.45) is 0 Å². The fourth-order valence-corrected chi connectivity index (χ4v) is 1.52. The average Bonchev–Trinajstić information content (AvgIpc) is 2.43. The second-order valence-electron chi connectivity index (χ2n) is 4.03. The van der Waals surface area contributed by atoms with Crippen molar-refractivity contribution in [1.29, 1.82) is 0 Å². The van der Waals surface area contributed by atoms with Crippen LogP contribution >= 0.6 is 0 Å². The highest BCUT2D eigenvalue weighted by Gasteiger charge is 2.00. The van der Waals surface area contributed by atoms with Crippen LogP contribution in [0.2, 0.25) is 0 Å². The Labute approximate surface area is 113 Å². The molecule has 0 saturated carbocycles. The van der Waals surface area contributed by atoms with Gasteiger partial charge in [0.2, 0.25) is 0 Å². The molecule has 1 aromatic carbocycles. The molecule has 0 aliphatic rings. The third-order valence-corrected chi connectivity index (χ3v) is 2.51. The number of hydrogen-bond acceptors (Lipinski definition) is 5. The van der Waals surface area contributed by atoms with Gasteiger partial charge in [-0.05, 0) is 30.7 Å². The summed E-state index contributed by atoms with van der Waals surface area (Å²) in [6.45, 7) is 2.01. The number of rotatable bonds is 9. The highest BCUT2D eigenvalue weighted by Crippen LogP contribution is 2.10. The molecular weight excluding hydrogens is 246 g/mol. The molecule has 19 heavy (non-hydrogen) atoms. The largest absolute Gasteiger partial charge is 0.497 e. The quantitative estimate of drug-likeness (QED) is 0.541. The van der Waals surface area contributed by atoms with E-state index in [4.69, 9.17) is 9.47 Å². The van der Waals surface area contributed by atoms with Gasteiger partial charge in [-0.2, -0.15) is 0 Å². The lowest BCUT2D eigenvalue weighted by molar-refractivity contribution is -0.147. The van der Waals surface area contributed by atoms with Crippen LogP contribution in [0.15, 0.2) is 24.3 Å². The zero-order valence-electron chi connectivity index (χ0n) is 11.5. The molecule has 0 bridgehead atoms. The zero-order valence-corrected chi connectivity index (χ0v) is 11.5. The van der Waals surface area contributed by atoms with Crippen LogP contribution in [0.1, 0.15) is 12.0 Å². The van der Waals surface area contributed by atoms with Gasteiger partial charge in [-0.25, -0.2) is 4.79 Å². The summed E-state index contributed by atoms with van der Waals surface area (Å²) in [5, 5.41) is 3.28. The first-order chi connectivity index (χ1) is 9.26. The fraction of sp³-hybridized carbons (Fsp3) is 0.500. The number of nitrogens with one attached hydrogen (secondary N) is 1. The fourth-order valence-electron chi connectivity index (χ4n) is 1.52. The average molecular weight is 267 g/mol. The predicted octanol–water partition coefficient (Wildman–Crippen LogP) is 1.36. The molecule has 0 heterocycles. The highest BCUT2D eigenvalue weighted by molar-refractivity contribution is 5.70. The highest BCUT2D eigenvalue weighted by atomic mass is 16.6. The van der Waals surface area contributed by atoms with Crippen LogP contribution in [0, 0.1) is 0 Å². The van der Waals surface area contributed by atoms with Gasteiger partial charge in [-0.15, -0.1) is 0 Å². The van der Waals surface area contributed by atoms with Crippen LogP contribution in [0.4, 0.5) is 0 Å². The summed E-state index contributed by atoms with van der Waals surface area (Å²) in [6.07, 6.45) is 0.783. The molecule has 1 N–H and O–H groups in total. The molecule has 0 unspecified atom stereocenters. The number of ether oxygens (including phenoxy) is 3. The van der Waals surface area contributed by atoms with E-state index in [0.29, 0.717) is 6.61 Å². The maximum Gasteiger partial charge on any atom is 0.332 e. The maximum atomic E-state index is 11.0. The van der Waals surface area contributed by atoms with Gasteiger partial charge in [-0.3, -0.25) is 0 Å². The molecule has 0 amide bonds. The topological polar surface area (TPSA) is 56.8 Å². The summed E-state index contributed by atoms with van der Waals surface area (Å²) in [5.74, 6) is 0.534. The first kappa shape index (κ1) is 15.5. The molecule has 0 aromatic heterocycles. The van der Waals surface area contributed by atoms with Gasteiger partial charge in [0.15, 0.2) is 0 Å². The molecule has 106 valence electrons. The van der Waals surface area contributed by atoms with Crippen molar-refractivity contribution in [2.45, 2.75) is 13.0 Å². The molecule has 5 heteroatoms.